The molecule has 5 heteroatoms. The number of thiophene rings is 1. The number of methoxy groups -OCH3 is 1. The average molecular weight is 325 g/mol. The fourth-order valence-electron chi connectivity index (χ4n) is 2.17. The van der Waals surface area contributed by atoms with E-state index >= 15 is 0 Å². The van der Waals surface area contributed by atoms with Gasteiger partial charge in [-0.25, -0.2) is 0 Å². The normalized spacial score (nSPS) is 18.9. The second-order valence-electron chi connectivity index (χ2n) is 5.18. The van der Waals surface area contributed by atoms with E-state index in [1.165, 1.54) is 0 Å². The Hall–Kier alpha value is -1.39. The molecule has 0 amide bonds. The van der Waals surface area contributed by atoms with Crippen molar-refractivity contribution in [3.05, 3.63) is 40.1 Å². The third-order valence-electron chi connectivity index (χ3n) is 3.39. The van der Waals surface area contributed by atoms with Gasteiger partial charge < -0.3 is 14.2 Å². The number of rotatable bonds is 3. The second kappa shape index (κ2) is 6.16. The van der Waals surface area contributed by atoms with Crippen LogP contribution in [0.4, 0.5) is 0 Å². The van der Waals surface area contributed by atoms with Crippen LogP contribution < -0.4 is 14.2 Å². The fourth-order valence-corrected chi connectivity index (χ4v) is 3.37. The molecular weight excluding hydrogens is 308 g/mol. The van der Waals surface area contributed by atoms with E-state index in [9.17, 15) is 0 Å². The predicted octanol–water partition coefficient (Wildman–Crippen LogP) is 4.49. The van der Waals surface area contributed by atoms with Crippen molar-refractivity contribution in [3.8, 4) is 17.2 Å². The molecule has 0 saturated heterocycles. The van der Waals surface area contributed by atoms with Crippen molar-refractivity contribution in [1.82, 2.24) is 0 Å². The van der Waals surface area contributed by atoms with Crippen molar-refractivity contribution in [2.24, 2.45) is 5.92 Å². The molecular formula is C16H17ClO3S. The summed E-state index contributed by atoms with van der Waals surface area (Å²) in [5.41, 5.74) is 0.998. The van der Waals surface area contributed by atoms with Crippen molar-refractivity contribution in [2.75, 3.05) is 20.3 Å². The topological polar surface area (TPSA) is 27.7 Å². The highest BCUT2D eigenvalue weighted by Gasteiger charge is 2.19. The summed E-state index contributed by atoms with van der Waals surface area (Å²) in [6.07, 6.45) is 0. The third-order valence-corrected chi connectivity index (χ3v) is 4.98. The summed E-state index contributed by atoms with van der Waals surface area (Å²) in [7, 11) is 1.66. The maximum Gasteiger partial charge on any atom is 0.161 e. The molecule has 2 heterocycles. The van der Waals surface area contributed by atoms with Crippen LogP contribution in [0, 0.1) is 5.92 Å². The molecule has 0 N–H and O–H groups in total. The van der Waals surface area contributed by atoms with E-state index in [1.807, 2.05) is 29.6 Å². The van der Waals surface area contributed by atoms with Crippen LogP contribution in [0.3, 0.4) is 0 Å². The number of halogens is 1. The van der Waals surface area contributed by atoms with E-state index in [2.05, 4.69) is 6.92 Å². The lowest BCUT2D eigenvalue weighted by Gasteiger charge is -2.12. The first-order valence-corrected chi connectivity index (χ1v) is 8.15. The maximum absolute atomic E-state index is 6.57. The molecule has 21 heavy (non-hydrogen) atoms. The molecule has 1 aromatic heterocycles. The summed E-state index contributed by atoms with van der Waals surface area (Å²) in [6, 6.07) is 7.86. The lowest BCUT2D eigenvalue weighted by atomic mass is 10.1. The first-order valence-electron chi connectivity index (χ1n) is 6.83. The van der Waals surface area contributed by atoms with Gasteiger partial charge in [-0.05, 0) is 23.8 Å². The van der Waals surface area contributed by atoms with E-state index in [0.717, 1.165) is 27.7 Å². The summed E-state index contributed by atoms with van der Waals surface area (Å²) < 4.78 is 16.8. The number of benzene rings is 1. The van der Waals surface area contributed by atoms with Gasteiger partial charge in [0.1, 0.15) is 5.75 Å². The van der Waals surface area contributed by atoms with E-state index in [1.54, 1.807) is 18.4 Å². The van der Waals surface area contributed by atoms with Gasteiger partial charge in [-0.3, -0.25) is 0 Å². The van der Waals surface area contributed by atoms with Gasteiger partial charge in [0, 0.05) is 16.2 Å². The number of fused-ring (bicyclic) bond motifs is 1. The molecule has 0 spiro atoms. The van der Waals surface area contributed by atoms with Crippen LogP contribution >= 0.6 is 22.9 Å². The van der Waals surface area contributed by atoms with Gasteiger partial charge in [-0.1, -0.05) is 13.0 Å². The molecule has 0 radical (unpaired) electrons. The Morgan fingerprint density at radius 1 is 1.24 bits per heavy atom. The van der Waals surface area contributed by atoms with Crippen molar-refractivity contribution in [3.63, 3.8) is 0 Å². The minimum atomic E-state index is -0.214. The van der Waals surface area contributed by atoms with Crippen LogP contribution in [-0.2, 0) is 0 Å². The van der Waals surface area contributed by atoms with Gasteiger partial charge in [0.2, 0.25) is 0 Å². The van der Waals surface area contributed by atoms with Crippen molar-refractivity contribution < 1.29 is 14.2 Å². The Bertz CT molecular complexity index is 626. The van der Waals surface area contributed by atoms with Gasteiger partial charge in [0.25, 0.3) is 0 Å². The minimum Gasteiger partial charge on any atom is -0.496 e. The molecule has 3 rings (SSSR count). The van der Waals surface area contributed by atoms with Crippen LogP contribution in [-0.4, -0.2) is 20.3 Å². The Labute approximate surface area is 133 Å². The molecule has 0 aliphatic carbocycles. The molecule has 1 aliphatic heterocycles. The van der Waals surface area contributed by atoms with Crippen molar-refractivity contribution in [1.29, 1.82) is 0 Å². The lowest BCUT2D eigenvalue weighted by Crippen LogP contribution is -2.12. The summed E-state index contributed by atoms with van der Waals surface area (Å²) in [4.78, 5) is 1.05. The van der Waals surface area contributed by atoms with Gasteiger partial charge in [-0.15, -0.1) is 22.9 Å². The fraction of sp³-hybridized carbons (Fsp3) is 0.375. The Balaban J connectivity index is 1.86. The largest absolute Gasteiger partial charge is 0.496 e. The molecule has 1 aliphatic rings. The zero-order valence-electron chi connectivity index (χ0n) is 12.0. The number of hydrogen-bond donors (Lipinski definition) is 0. The Morgan fingerprint density at radius 3 is 2.71 bits per heavy atom. The number of hydrogen-bond acceptors (Lipinski definition) is 4. The molecule has 2 atom stereocenters. The Morgan fingerprint density at radius 2 is 2.00 bits per heavy atom. The van der Waals surface area contributed by atoms with E-state index < -0.39 is 0 Å². The zero-order valence-corrected chi connectivity index (χ0v) is 13.5. The van der Waals surface area contributed by atoms with Crippen LogP contribution in [0.1, 0.15) is 22.7 Å². The minimum absolute atomic E-state index is 0.214. The predicted molar refractivity (Wildman–Crippen MR) is 85.2 cm³/mol. The third kappa shape index (κ3) is 3.11. The summed E-state index contributed by atoms with van der Waals surface area (Å²) in [5, 5.41) is 1.74. The lowest BCUT2D eigenvalue weighted by molar-refractivity contribution is 0.228. The van der Waals surface area contributed by atoms with Crippen LogP contribution in [0.25, 0.3) is 0 Å². The molecule has 0 saturated carbocycles. The molecule has 112 valence electrons. The van der Waals surface area contributed by atoms with Crippen molar-refractivity contribution in [2.45, 2.75) is 12.3 Å². The van der Waals surface area contributed by atoms with Crippen LogP contribution in [0.15, 0.2) is 29.6 Å². The summed E-state index contributed by atoms with van der Waals surface area (Å²) >= 11 is 8.16. The zero-order chi connectivity index (χ0) is 14.8. The molecule has 1 aromatic carbocycles. The van der Waals surface area contributed by atoms with E-state index in [-0.39, 0.29) is 5.38 Å². The molecule has 2 aromatic rings. The molecule has 2 unspecified atom stereocenters. The van der Waals surface area contributed by atoms with Crippen LogP contribution in [0.5, 0.6) is 17.2 Å². The summed E-state index contributed by atoms with van der Waals surface area (Å²) in [6.45, 7) is 3.45. The van der Waals surface area contributed by atoms with E-state index in [4.69, 9.17) is 25.8 Å². The maximum atomic E-state index is 6.57. The van der Waals surface area contributed by atoms with Gasteiger partial charge >= 0.3 is 0 Å². The monoisotopic (exact) mass is 324 g/mol. The SMILES string of the molecule is COc1csc(C(Cl)c2ccc3c(c2)OCC(C)CO3)c1. The standard InChI is InChI=1S/C16H17ClO3S/c1-10-7-19-13-4-3-11(5-14(13)20-8-10)16(17)15-6-12(18-2)9-21-15/h3-6,9-10,16H,7-8H2,1-2H3. The highest BCUT2D eigenvalue weighted by atomic mass is 35.5. The van der Waals surface area contributed by atoms with E-state index in [0.29, 0.717) is 19.1 Å². The smallest absolute Gasteiger partial charge is 0.161 e. The first-order chi connectivity index (χ1) is 10.2. The second-order valence-corrected chi connectivity index (χ2v) is 6.56. The average Bonchev–Trinajstić information content (AvgIpc) is 2.91. The van der Waals surface area contributed by atoms with Crippen molar-refractivity contribution >= 4 is 22.9 Å². The molecule has 0 bridgehead atoms. The quantitative estimate of drug-likeness (QED) is 0.778. The highest BCUT2D eigenvalue weighted by Crippen LogP contribution is 2.39. The summed E-state index contributed by atoms with van der Waals surface area (Å²) in [5.74, 6) is 2.78. The molecule has 0 fully saturated rings. The Kier molecular flexibility index (Phi) is 4.27. The van der Waals surface area contributed by atoms with Gasteiger partial charge in [0.15, 0.2) is 11.5 Å². The van der Waals surface area contributed by atoms with Gasteiger partial charge in [-0.2, -0.15) is 0 Å². The van der Waals surface area contributed by atoms with Crippen LogP contribution in [0.2, 0.25) is 0 Å². The number of alkyl halides is 1. The number of ether oxygens (including phenoxy) is 3. The van der Waals surface area contributed by atoms with Gasteiger partial charge in [0.05, 0.1) is 25.7 Å². The first kappa shape index (κ1) is 14.5. The molecule has 3 nitrogen and oxygen atoms in total. The highest BCUT2D eigenvalue weighted by molar-refractivity contribution is 7.10.